The Morgan fingerprint density at radius 2 is 1.89 bits per heavy atom. The molecule has 1 saturated carbocycles. The molecule has 0 spiro atoms. The molecule has 2 aromatic carbocycles. The molecule has 3 nitrogen and oxygen atoms in total. The van der Waals surface area contributed by atoms with Gasteiger partial charge in [-0.25, -0.2) is 4.98 Å². The first-order valence-corrected chi connectivity index (χ1v) is 11.1. The van der Waals surface area contributed by atoms with Gasteiger partial charge in [0.25, 0.3) is 0 Å². The SMILES string of the molecule is C/C(=N/Nc1nc(-c2ccc(Cl)cc2)cs1)c1cccc(C2CCCCC2)c1. The van der Waals surface area contributed by atoms with Crippen LogP contribution in [0.25, 0.3) is 11.3 Å². The van der Waals surface area contributed by atoms with Crippen LogP contribution in [-0.2, 0) is 0 Å². The van der Waals surface area contributed by atoms with Gasteiger partial charge in [-0.3, -0.25) is 5.43 Å². The third-order valence-corrected chi connectivity index (χ3v) is 6.34. The third-order valence-electron chi connectivity index (χ3n) is 5.34. The lowest BCUT2D eigenvalue weighted by Gasteiger charge is -2.22. The maximum absolute atomic E-state index is 5.96. The first-order valence-electron chi connectivity index (χ1n) is 9.81. The van der Waals surface area contributed by atoms with Gasteiger partial charge < -0.3 is 0 Å². The van der Waals surface area contributed by atoms with E-state index in [-0.39, 0.29) is 0 Å². The Bertz CT molecular complexity index is 956. The van der Waals surface area contributed by atoms with Crippen LogP contribution in [0.2, 0.25) is 5.02 Å². The van der Waals surface area contributed by atoms with Crippen molar-refractivity contribution >= 4 is 33.8 Å². The van der Waals surface area contributed by atoms with E-state index in [1.807, 2.05) is 36.6 Å². The van der Waals surface area contributed by atoms with E-state index in [4.69, 9.17) is 11.6 Å². The Morgan fingerprint density at radius 3 is 2.68 bits per heavy atom. The molecule has 28 heavy (non-hydrogen) atoms. The molecular formula is C23H24ClN3S. The number of hydrazone groups is 1. The molecule has 0 aliphatic heterocycles. The molecule has 1 aromatic heterocycles. The zero-order valence-electron chi connectivity index (χ0n) is 16.0. The van der Waals surface area contributed by atoms with Gasteiger partial charge in [-0.15, -0.1) is 11.3 Å². The summed E-state index contributed by atoms with van der Waals surface area (Å²) in [6.45, 7) is 2.04. The molecule has 0 unspecified atom stereocenters. The number of hydrogen-bond acceptors (Lipinski definition) is 4. The third kappa shape index (κ3) is 4.62. The monoisotopic (exact) mass is 409 g/mol. The second kappa shape index (κ2) is 8.89. The van der Waals surface area contributed by atoms with Gasteiger partial charge >= 0.3 is 0 Å². The number of benzene rings is 2. The fourth-order valence-electron chi connectivity index (χ4n) is 3.73. The lowest BCUT2D eigenvalue weighted by atomic mass is 9.83. The first-order chi connectivity index (χ1) is 13.7. The van der Waals surface area contributed by atoms with Crippen molar-refractivity contribution in [1.29, 1.82) is 0 Å². The Balaban J connectivity index is 1.45. The molecule has 1 heterocycles. The predicted molar refractivity (Wildman–Crippen MR) is 121 cm³/mol. The van der Waals surface area contributed by atoms with Crippen molar-refractivity contribution in [2.45, 2.75) is 44.9 Å². The molecule has 0 bridgehead atoms. The van der Waals surface area contributed by atoms with Crippen LogP contribution in [0.1, 0.15) is 56.1 Å². The van der Waals surface area contributed by atoms with Gasteiger partial charge in [-0.2, -0.15) is 5.10 Å². The van der Waals surface area contributed by atoms with E-state index in [0.717, 1.165) is 27.1 Å². The first kappa shape index (κ1) is 19.2. The van der Waals surface area contributed by atoms with Crippen molar-refractivity contribution < 1.29 is 0 Å². The highest BCUT2D eigenvalue weighted by atomic mass is 35.5. The van der Waals surface area contributed by atoms with E-state index in [1.165, 1.54) is 43.2 Å². The molecule has 4 rings (SSSR count). The van der Waals surface area contributed by atoms with Gasteiger partial charge in [0.15, 0.2) is 0 Å². The van der Waals surface area contributed by atoms with Crippen LogP contribution in [-0.4, -0.2) is 10.7 Å². The zero-order chi connectivity index (χ0) is 19.3. The van der Waals surface area contributed by atoms with Crippen LogP contribution in [0.5, 0.6) is 0 Å². The van der Waals surface area contributed by atoms with E-state index in [1.54, 1.807) is 11.3 Å². The van der Waals surface area contributed by atoms with Crippen molar-refractivity contribution in [2.75, 3.05) is 5.43 Å². The molecule has 3 aromatic rings. The summed E-state index contributed by atoms with van der Waals surface area (Å²) in [4.78, 5) is 4.62. The Hall–Kier alpha value is -2.17. The van der Waals surface area contributed by atoms with E-state index < -0.39 is 0 Å². The lowest BCUT2D eigenvalue weighted by Crippen LogP contribution is -2.06. The average Bonchev–Trinajstić information content (AvgIpc) is 3.22. The Morgan fingerprint density at radius 1 is 1.11 bits per heavy atom. The number of nitrogens with zero attached hydrogens (tertiary/aromatic N) is 2. The van der Waals surface area contributed by atoms with Crippen LogP contribution in [0.15, 0.2) is 59.0 Å². The van der Waals surface area contributed by atoms with Crippen LogP contribution >= 0.6 is 22.9 Å². The summed E-state index contributed by atoms with van der Waals surface area (Å²) in [7, 11) is 0. The van der Waals surface area contributed by atoms with E-state index in [2.05, 4.69) is 39.8 Å². The summed E-state index contributed by atoms with van der Waals surface area (Å²) >= 11 is 7.51. The van der Waals surface area contributed by atoms with Crippen molar-refractivity contribution in [3.63, 3.8) is 0 Å². The zero-order valence-corrected chi connectivity index (χ0v) is 17.6. The van der Waals surface area contributed by atoms with Crippen LogP contribution < -0.4 is 5.43 Å². The molecular weight excluding hydrogens is 386 g/mol. The summed E-state index contributed by atoms with van der Waals surface area (Å²) in [6, 6.07) is 16.6. The molecule has 1 aliphatic rings. The maximum Gasteiger partial charge on any atom is 0.203 e. The smallest absolute Gasteiger partial charge is 0.203 e. The van der Waals surface area contributed by atoms with E-state index in [0.29, 0.717) is 5.92 Å². The second-order valence-electron chi connectivity index (χ2n) is 7.31. The molecule has 0 atom stereocenters. The highest BCUT2D eigenvalue weighted by Gasteiger charge is 2.16. The van der Waals surface area contributed by atoms with Crippen LogP contribution in [0.4, 0.5) is 5.13 Å². The van der Waals surface area contributed by atoms with Crippen molar-refractivity contribution in [3.8, 4) is 11.3 Å². The number of halogens is 1. The number of rotatable bonds is 5. The summed E-state index contributed by atoms with van der Waals surface area (Å²) < 4.78 is 0. The quantitative estimate of drug-likeness (QED) is 0.353. The standard InChI is InChI=1S/C23H24ClN3S/c1-16(19-8-5-9-20(14-19)17-6-3-2-4-7-17)26-27-23-25-22(15-28-23)18-10-12-21(24)13-11-18/h5,8-15,17H,2-4,6-7H2,1H3,(H,25,27)/b26-16-. The van der Waals surface area contributed by atoms with Crippen LogP contribution in [0, 0.1) is 0 Å². The lowest BCUT2D eigenvalue weighted by molar-refractivity contribution is 0.443. The van der Waals surface area contributed by atoms with E-state index >= 15 is 0 Å². The Labute approximate surface area is 175 Å². The molecule has 0 radical (unpaired) electrons. The highest BCUT2D eigenvalue weighted by Crippen LogP contribution is 2.33. The number of anilines is 1. The highest BCUT2D eigenvalue weighted by molar-refractivity contribution is 7.14. The maximum atomic E-state index is 5.96. The summed E-state index contributed by atoms with van der Waals surface area (Å²) in [5.41, 5.74) is 8.68. The largest absolute Gasteiger partial charge is 0.252 e. The number of nitrogens with one attached hydrogen (secondary N) is 1. The topological polar surface area (TPSA) is 37.3 Å². The molecule has 144 valence electrons. The summed E-state index contributed by atoms with van der Waals surface area (Å²) in [5.74, 6) is 0.704. The van der Waals surface area contributed by atoms with Gasteiger partial charge in [-0.05, 0) is 55.0 Å². The molecule has 0 saturated heterocycles. The number of thiazole rings is 1. The number of hydrogen-bond donors (Lipinski definition) is 1. The van der Waals surface area contributed by atoms with Crippen molar-refractivity contribution in [3.05, 3.63) is 70.1 Å². The fraction of sp³-hybridized carbons (Fsp3) is 0.304. The predicted octanol–water partition coefficient (Wildman–Crippen LogP) is 7.35. The van der Waals surface area contributed by atoms with Crippen molar-refractivity contribution in [2.24, 2.45) is 5.10 Å². The van der Waals surface area contributed by atoms with Crippen LogP contribution in [0.3, 0.4) is 0 Å². The summed E-state index contributed by atoms with van der Waals surface area (Å²) in [6.07, 6.45) is 6.70. The molecule has 0 amide bonds. The molecule has 1 fully saturated rings. The normalized spacial score (nSPS) is 15.6. The Kier molecular flexibility index (Phi) is 6.08. The minimum absolute atomic E-state index is 0.704. The summed E-state index contributed by atoms with van der Waals surface area (Å²) in [5, 5.41) is 8.11. The van der Waals surface area contributed by atoms with Gasteiger partial charge in [0, 0.05) is 16.0 Å². The van der Waals surface area contributed by atoms with Gasteiger partial charge in [-0.1, -0.05) is 61.2 Å². The van der Waals surface area contributed by atoms with Gasteiger partial charge in [0.2, 0.25) is 5.13 Å². The minimum Gasteiger partial charge on any atom is -0.252 e. The van der Waals surface area contributed by atoms with E-state index in [9.17, 15) is 0 Å². The average molecular weight is 410 g/mol. The van der Waals surface area contributed by atoms with Crippen molar-refractivity contribution in [1.82, 2.24) is 4.98 Å². The molecule has 1 N–H and O–H groups in total. The molecule has 1 aliphatic carbocycles. The van der Waals surface area contributed by atoms with Gasteiger partial charge in [0.1, 0.15) is 0 Å². The second-order valence-corrected chi connectivity index (χ2v) is 8.61. The minimum atomic E-state index is 0.704. The molecule has 5 heteroatoms. The fourth-order valence-corrected chi connectivity index (χ4v) is 4.52. The number of aromatic nitrogens is 1. The van der Waals surface area contributed by atoms with Gasteiger partial charge in [0.05, 0.1) is 11.4 Å².